The quantitative estimate of drug-likeness (QED) is 0.0876. The maximum atomic E-state index is 13.1. The number of allylic oxidation sites excluding steroid dienone is 1. The number of benzene rings is 1. The van der Waals surface area contributed by atoms with Crippen LogP contribution in [0.3, 0.4) is 0 Å². The molecule has 4 N–H and O–H groups in total. The van der Waals surface area contributed by atoms with Gasteiger partial charge in [-0.1, -0.05) is 109 Å². The second-order valence-corrected chi connectivity index (χ2v) is 13.4. The van der Waals surface area contributed by atoms with E-state index in [1.807, 2.05) is 37.4 Å². The van der Waals surface area contributed by atoms with E-state index in [0.29, 0.717) is 23.4 Å². The third-order valence-electron chi connectivity index (χ3n) is 9.63. The fourth-order valence-corrected chi connectivity index (χ4v) is 6.61. The summed E-state index contributed by atoms with van der Waals surface area (Å²) < 4.78 is 0. The van der Waals surface area contributed by atoms with Gasteiger partial charge in [-0.15, -0.1) is 0 Å². The molecule has 2 aromatic rings. The van der Waals surface area contributed by atoms with Crippen LogP contribution in [0.2, 0.25) is 0 Å². The van der Waals surface area contributed by atoms with Crippen LogP contribution in [0, 0.1) is 22.7 Å². The van der Waals surface area contributed by atoms with E-state index >= 15 is 0 Å². The number of aliphatic hydroxyl groups is 1. The van der Waals surface area contributed by atoms with Crippen LogP contribution in [0.5, 0.6) is 0 Å². The Hall–Kier alpha value is -3.76. The van der Waals surface area contributed by atoms with E-state index in [4.69, 9.17) is 5.73 Å². The van der Waals surface area contributed by atoms with Crippen molar-refractivity contribution in [2.45, 2.75) is 123 Å². The van der Waals surface area contributed by atoms with E-state index in [0.717, 1.165) is 48.9 Å². The molecular weight excluding hydrogens is 582 g/mol. The second kappa shape index (κ2) is 19.2. The van der Waals surface area contributed by atoms with Crippen LogP contribution in [0.25, 0.3) is 11.1 Å². The van der Waals surface area contributed by atoms with Gasteiger partial charge in [0.05, 0.1) is 17.9 Å². The van der Waals surface area contributed by atoms with Crippen LogP contribution in [-0.2, 0) is 11.2 Å². The Kier molecular flexibility index (Phi) is 15.4. The van der Waals surface area contributed by atoms with Crippen molar-refractivity contribution in [2.24, 2.45) is 22.1 Å². The van der Waals surface area contributed by atoms with Gasteiger partial charge in [0.2, 0.25) is 5.91 Å². The topological polar surface area (TPSA) is 124 Å². The Labute approximate surface area is 283 Å². The first-order valence-corrected chi connectivity index (χ1v) is 17.8. The molecule has 1 amide bonds. The maximum Gasteiger partial charge on any atom is 0.229 e. The van der Waals surface area contributed by atoms with Gasteiger partial charge in [0, 0.05) is 30.7 Å². The molecule has 0 spiro atoms. The summed E-state index contributed by atoms with van der Waals surface area (Å²) in [4.78, 5) is 22.0. The molecule has 7 nitrogen and oxygen atoms in total. The van der Waals surface area contributed by atoms with Crippen LogP contribution in [-0.4, -0.2) is 34.4 Å². The van der Waals surface area contributed by atoms with Crippen molar-refractivity contribution in [3.8, 4) is 6.07 Å². The number of nitrogens with two attached hydrogens (primary N) is 1. The Morgan fingerprint density at radius 1 is 1.06 bits per heavy atom. The lowest BCUT2D eigenvalue weighted by molar-refractivity contribution is -0.115. The second-order valence-electron chi connectivity index (χ2n) is 13.4. The highest BCUT2D eigenvalue weighted by Gasteiger charge is 2.57. The van der Waals surface area contributed by atoms with E-state index in [2.05, 4.69) is 34.9 Å². The van der Waals surface area contributed by atoms with E-state index in [1.54, 1.807) is 31.5 Å². The Balaban J connectivity index is 1.52. The molecule has 1 aliphatic carbocycles. The fraction of sp³-hybridized carbons (Fsp3) is 0.550. The van der Waals surface area contributed by atoms with Gasteiger partial charge in [0.1, 0.15) is 11.4 Å². The highest BCUT2D eigenvalue weighted by atomic mass is 16.3. The van der Waals surface area contributed by atoms with E-state index in [-0.39, 0.29) is 18.2 Å². The molecule has 1 aliphatic rings. The maximum absolute atomic E-state index is 13.1. The minimum atomic E-state index is -1.42. The molecule has 1 saturated carbocycles. The number of amides is 1. The molecule has 2 atom stereocenters. The average Bonchev–Trinajstić information content (AvgIpc) is 3.92. The Morgan fingerprint density at radius 2 is 1.74 bits per heavy atom. The molecule has 1 fully saturated rings. The molecule has 1 aromatic heterocycles. The monoisotopic (exact) mass is 639 g/mol. The molecule has 0 radical (unpaired) electrons. The molecule has 0 bridgehead atoms. The number of pyridine rings is 1. The van der Waals surface area contributed by atoms with Gasteiger partial charge in [-0.2, -0.15) is 5.26 Å². The lowest BCUT2D eigenvalue weighted by Crippen LogP contribution is -2.47. The zero-order valence-corrected chi connectivity index (χ0v) is 29.1. The van der Waals surface area contributed by atoms with E-state index < -0.39 is 11.0 Å². The largest absolute Gasteiger partial charge is 0.404 e. The summed E-state index contributed by atoms with van der Waals surface area (Å²) >= 11 is 0. The number of unbranched alkanes of at least 4 members (excludes halogenated alkanes) is 9. The van der Waals surface area contributed by atoms with Gasteiger partial charge in [-0.25, -0.2) is 4.98 Å². The highest BCUT2D eigenvalue weighted by molar-refractivity contribution is 6.09. The Morgan fingerprint density at radius 3 is 2.36 bits per heavy atom. The lowest BCUT2D eigenvalue weighted by Gasteiger charge is -2.42. The first-order chi connectivity index (χ1) is 22.7. The van der Waals surface area contributed by atoms with Crippen LogP contribution in [0.4, 0.5) is 5.82 Å². The number of nitrogens with one attached hydrogen (secondary N) is 1. The fourth-order valence-electron chi connectivity index (χ4n) is 6.61. The molecule has 0 aliphatic heterocycles. The summed E-state index contributed by atoms with van der Waals surface area (Å²) in [6, 6.07) is 13.7. The third kappa shape index (κ3) is 10.9. The van der Waals surface area contributed by atoms with Gasteiger partial charge >= 0.3 is 0 Å². The predicted octanol–water partition coefficient (Wildman–Crippen LogP) is 9.04. The minimum Gasteiger partial charge on any atom is -0.404 e. The number of hydrogen-bond donors (Lipinski definition) is 3. The number of aliphatic imine (C=N–C) groups is 1. The molecule has 47 heavy (non-hydrogen) atoms. The summed E-state index contributed by atoms with van der Waals surface area (Å²) in [6.45, 7) is 11.0. The van der Waals surface area contributed by atoms with Gasteiger partial charge in [-0.3, -0.25) is 9.79 Å². The van der Waals surface area contributed by atoms with Gasteiger partial charge < -0.3 is 16.2 Å². The first-order valence-electron chi connectivity index (χ1n) is 17.8. The van der Waals surface area contributed by atoms with Crippen LogP contribution >= 0.6 is 0 Å². The number of carbonyl (C=O) groups excluding carboxylic acids is 1. The van der Waals surface area contributed by atoms with Crippen molar-refractivity contribution in [1.82, 2.24) is 4.98 Å². The third-order valence-corrected chi connectivity index (χ3v) is 9.63. The van der Waals surface area contributed by atoms with E-state index in [9.17, 15) is 15.2 Å². The predicted molar refractivity (Wildman–Crippen MR) is 196 cm³/mol. The number of carbonyl (C=O) groups is 1. The molecule has 1 unspecified atom stereocenters. The lowest BCUT2D eigenvalue weighted by atomic mass is 9.63. The summed E-state index contributed by atoms with van der Waals surface area (Å²) in [5, 5.41) is 24.8. The molecule has 3 rings (SSSR count). The normalized spacial score (nSPS) is 15.9. The number of hydrogen-bond acceptors (Lipinski definition) is 6. The van der Waals surface area contributed by atoms with Gasteiger partial charge in [-0.05, 0) is 72.9 Å². The zero-order chi connectivity index (χ0) is 34.1. The molecular formula is C40H57N5O2. The number of aromatic nitrogens is 1. The van der Waals surface area contributed by atoms with Crippen molar-refractivity contribution < 1.29 is 9.90 Å². The molecule has 0 saturated heterocycles. The van der Waals surface area contributed by atoms with Crippen LogP contribution in [0.15, 0.2) is 60.4 Å². The van der Waals surface area contributed by atoms with Crippen LogP contribution in [0.1, 0.15) is 127 Å². The van der Waals surface area contributed by atoms with Crippen molar-refractivity contribution in [2.75, 3.05) is 11.9 Å². The molecule has 1 heterocycles. The SMILES string of the molecule is C=C(c1ccnc(NC(=O)Cc2cccc(C(C=NCCCCCCCCCCCC)=CN)c2)c1)C(C)(O)[C@@](C#N)(CCC)C1CC1. The smallest absolute Gasteiger partial charge is 0.229 e. The number of nitriles is 1. The number of anilines is 1. The van der Waals surface area contributed by atoms with Gasteiger partial charge in [0.15, 0.2) is 0 Å². The Bertz CT molecular complexity index is 1400. The van der Waals surface area contributed by atoms with E-state index in [1.165, 1.54) is 57.8 Å². The highest BCUT2D eigenvalue weighted by Crippen LogP contribution is 2.57. The summed E-state index contributed by atoms with van der Waals surface area (Å²) in [7, 11) is 0. The average molecular weight is 640 g/mol. The number of nitrogens with zero attached hydrogens (tertiary/aromatic N) is 3. The number of rotatable bonds is 22. The van der Waals surface area contributed by atoms with Crippen molar-refractivity contribution in [3.05, 3.63) is 72.1 Å². The summed E-state index contributed by atoms with van der Waals surface area (Å²) in [5.74, 6) is 0.306. The molecule has 254 valence electrons. The molecule has 1 aromatic carbocycles. The van der Waals surface area contributed by atoms with Crippen LogP contribution < -0.4 is 11.1 Å². The first kappa shape index (κ1) is 37.7. The summed E-state index contributed by atoms with van der Waals surface area (Å²) in [6.07, 6.45) is 21.3. The minimum absolute atomic E-state index is 0.154. The molecule has 7 heteroatoms. The van der Waals surface area contributed by atoms with Gasteiger partial charge in [0.25, 0.3) is 0 Å². The summed E-state index contributed by atoms with van der Waals surface area (Å²) in [5.41, 5.74) is 7.31. The standard InChI is InChI=1S/C40H57N5O2/c1-5-7-8-9-10-11-12-13-14-15-23-43-29-35(28-41)34-18-16-17-32(25-34)26-38(46)45-37-27-33(21-24-44-37)31(3)39(4,47)40(30-42,22-6-2)36-19-20-36/h16-18,21,24-25,27-29,36,47H,3,5-15,19-20,22-23,26,41H2,1-2,4H3,(H,44,45,46)/t39?,40-/m1/s1. The van der Waals surface area contributed by atoms with Crippen molar-refractivity contribution in [3.63, 3.8) is 0 Å². The van der Waals surface area contributed by atoms with Crippen molar-refractivity contribution >= 4 is 29.1 Å². The zero-order valence-electron chi connectivity index (χ0n) is 29.1. The van der Waals surface area contributed by atoms with Crippen molar-refractivity contribution in [1.29, 1.82) is 5.26 Å².